The summed E-state index contributed by atoms with van der Waals surface area (Å²) in [5, 5.41) is 11.5. The Bertz CT molecular complexity index is 977. The highest BCUT2D eigenvalue weighted by Crippen LogP contribution is 2.26. The van der Waals surface area contributed by atoms with Gasteiger partial charge in [-0.1, -0.05) is 38.1 Å². The first kappa shape index (κ1) is 19.6. The number of nitrogens with one attached hydrogen (secondary N) is 2. The second kappa shape index (κ2) is 8.37. The minimum atomic E-state index is 0.0743. The first-order valence-electron chi connectivity index (χ1n) is 10.5. The van der Waals surface area contributed by atoms with E-state index in [9.17, 15) is 0 Å². The predicted molar refractivity (Wildman–Crippen MR) is 115 cm³/mol. The Morgan fingerprint density at radius 1 is 1.17 bits per heavy atom. The van der Waals surface area contributed by atoms with Crippen LogP contribution in [0.1, 0.15) is 62.3 Å². The molecule has 0 spiro atoms. The van der Waals surface area contributed by atoms with Gasteiger partial charge in [0.15, 0.2) is 5.65 Å². The molecule has 1 fully saturated rings. The lowest BCUT2D eigenvalue weighted by atomic mass is 10.0. The van der Waals surface area contributed by atoms with Crippen LogP contribution in [-0.4, -0.2) is 38.8 Å². The molecule has 0 unspecified atom stereocenters. The molecule has 2 atom stereocenters. The van der Waals surface area contributed by atoms with Crippen LogP contribution in [-0.2, 0) is 0 Å². The van der Waals surface area contributed by atoms with E-state index in [1.54, 1.807) is 4.52 Å². The molecule has 3 aromatic rings. The summed E-state index contributed by atoms with van der Waals surface area (Å²) in [6, 6.07) is 8.86. The van der Waals surface area contributed by atoms with Crippen LogP contribution >= 0.6 is 0 Å². The normalized spacial score (nSPS) is 18.2. The van der Waals surface area contributed by atoms with Crippen LogP contribution in [0, 0.1) is 6.92 Å². The van der Waals surface area contributed by atoms with Crippen molar-refractivity contribution in [3.63, 3.8) is 0 Å². The van der Waals surface area contributed by atoms with E-state index >= 15 is 0 Å². The van der Waals surface area contributed by atoms with Crippen molar-refractivity contribution in [1.29, 1.82) is 0 Å². The number of fused-ring (bicyclic) bond motifs is 1. The molecule has 7 nitrogen and oxygen atoms in total. The van der Waals surface area contributed by atoms with Gasteiger partial charge in [0, 0.05) is 12.1 Å². The molecule has 0 radical (unpaired) electrons. The summed E-state index contributed by atoms with van der Waals surface area (Å²) in [7, 11) is 0. The third-order valence-corrected chi connectivity index (χ3v) is 5.52. The second-order valence-electron chi connectivity index (χ2n) is 8.13. The van der Waals surface area contributed by atoms with E-state index in [2.05, 4.69) is 67.7 Å². The van der Waals surface area contributed by atoms with Crippen LogP contribution in [0.15, 0.2) is 30.5 Å². The molecule has 1 aromatic carbocycles. The van der Waals surface area contributed by atoms with Crippen molar-refractivity contribution >= 4 is 11.6 Å². The summed E-state index contributed by atoms with van der Waals surface area (Å²) in [5.74, 6) is 0.963. The molecule has 0 bridgehead atoms. The Hall–Kier alpha value is -2.67. The quantitative estimate of drug-likeness (QED) is 0.661. The van der Waals surface area contributed by atoms with E-state index < -0.39 is 0 Å². The Morgan fingerprint density at radius 3 is 2.72 bits per heavy atom. The topological polar surface area (TPSA) is 76.4 Å². The maximum Gasteiger partial charge on any atom is 0.322 e. The predicted octanol–water partition coefficient (Wildman–Crippen LogP) is 3.86. The number of rotatable bonds is 6. The van der Waals surface area contributed by atoms with Crippen molar-refractivity contribution < 1.29 is 4.74 Å². The zero-order valence-electron chi connectivity index (χ0n) is 17.6. The fraction of sp³-hybridized carbons (Fsp3) is 0.500. The maximum absolute atomic E-state index is 6.15. The zero-order chi connectivity index (χ0) is 20.4. The summed E-state index contributed by atoms with van der Waals surface area (Å²) < 4.78 is 7.94. The molecule has 7 heteroatoms. The third-order valence-electron chi connectivity index (χ3n) is 5.52. The average Bonchev–Trinajstić information content (AvgIpc) is 3.13. The van der Waals surface area contributed by atoms with E-state index in [4.69, 9.17) is 14.7 Å². The number of hydrogen-bond donors (Lipinski definition) is 2. The Labute approximate surface area is 171 Å². The van der Waals surface area contributed by atoms with Crippen molar-refractivity contribution in [2.75, 3.05) is 18.4 Å². The fourth-order valence-corrected chi connectivity index (χ4v) is 3.84. The van der Waals surface area contributed by atoms with Gasteiger partial charge in [-0.25, -0.2) is 0 Å². The number of nitrogens with zero attached hydrogens (tertiary/aromatic N) is 4. The van der Waals surface area contributed by atoms with E-state index in [-0.39, 0.29) is 12.1 Å². The lowest BCUT2D eigenvalue weighted by Crippen LogP contribution is -2.37. The first-order valence-corrected chi connectivity index (χ1v) is 10.5. The molecule has 0 aliphatic carbocycles. The molecule has 0 amide bonds. The standard InChI is InChI=1S/C22H30N6O/c1-14(2)19-13-24-28-20(19)26-22(29-17-9-7-11-23-12-17)27-21(28)25-16(4)18-10-6-5-8-15(18)3/h5-6,8,10,13-14,16-17,23H,7,9,11-12H2,1-4H3,(H,25,26,27)/t16-,17+/m0/s1. The van der Waals surface area contributed by atoms with E-state index in [0.717, 1.165) is 37.1 Å². The minimum absolute atomic E-state index is 0.0743. The van der Waals surface area contributed by atoms with E-state index in [1.807, 2.05) is 6.20 Å². The largest absolute Gasteiger partial charge is 0.459 e. The molecule has 3 heterocycles. The van der Waals surface area contributed by atoms with Gasteiger partial charge < -0.3 is 15.4 Å². The molecule has 2 N–H and O–H groups in total. The van der Waals surface area contributed by atoms with Crippen LogP contribution in [0.4, 0.5) is 5.95 Å². The van der Waals surface area contributed by atoms with Gasteiger partial charge >= 0.3 is 6.01 Å². The summed E-state index contributed by atoms with van der Waals surface area (Å²) in [5.41, 5.74) is 4.36. The summed E-state index contributed by atoms with van der Waals surface area (Å²) in [6.07, 6.45) is 4.09. The van der Waals surface area contributed by atoms with Crippen LogP contribution in [0.25, 0.3) is 5.65 Å². The molecule has 1 aliphatic rings. The number of hydrogen-bond acceptors (Lipinski definition) is 6. The molecule has 4 rings (SSSR count). The number of aromatic nitrogens is 4. The number of anilines is 1. The average molecular weight is 395 g/mol. The molecule has 154 valence electrons. The first-order chi connectivity index (χ1) is 14.0. The number of benzene rings is 1. The minimum Gasteiger partial charge on any atom is -0.459 e. The highest BCUT2D eigenvalue weighted by atomic mass is 16.5. The Morgan fingerprint density at radius 2 is 2.00 bits per heavy atom. The number of ether oxygens (including phenoxy) is 1. The van der Waals surface area contributed by atoms with Crippen molar-refractivity contribution in [1.82, 2.24) is 24.9 Å². The van der Waals surface area contributed by atoms with Gasteiger partial charge in [-0.2, -0.15) is 19.6 Å². The lowest BCUT2D eigenvalue weighted by molar-refractivity contribution is 0.153. The van der Waals surface area contributed by atoms with Crippen molar-refractivity contribution in [2.45, 2.75) is 58.6 Å². The summed E-state index contributed by atoms with van der Waals surface area (Å²) in [6.45, 7) is 10.4. The van der Waals surface area contributed by atoms with Crippen molar-refractivity contribution in [2.24, 2.45) is 0 Å². The molecule has 29 heavy (non-hydrogen) atoms. The SMILES string of the molecule is Cc1ccccc1[C@H](C)Nc1nc(O[C@@H]2CCCNC2)nc2c(C(C)C)cnn12. The van der Waals surface area contributed by atoms with Gasteiger partial charge in [-0.15, -0.1) is 0 Å². The Balaban J connectivity index is 1.70. The number of aryl methyl sites for hydroxylation is 1. The molecular weight excluding hydrogens is 364 g/mol. The number of piperidine rings is 1. The molecule has 1 saturated heterocycles. The van der Waals surface area contributed by atoms with Gasteiger partial charge in [0.2, 0.25) is 5.95 Å². The lowest BCUT2D eigenvalue weighted by Gasteiger charge is -2.23. The highest BCUT2D eigenvalue weighted by Gasteiger charge is 2.21. The highest BCUT2D eigenvalue weighted by molar-refractivity contribution is 5.53. The van der Waals surface area contributed by atoms with Crippen LogP contribution in [0.3, 0.4) is 0 Å². The van der Waals surface area contributed by atoms with Gasteiger partial charge in [0.1, 0.15) is 6.10 Å². The fourth-order valence-electron chi connectivity index (χ4n) is 3.84. The summed E-state index contributed by atoms with van der Waals surface area (Å²) in [4.78, 5) is 9.40. The van der Waals surface area contributed by atoms with Gasteiger partial charge in [-0.05, 0) is 50.3 Å². The van der Waals surface area contributed by atoms with Gasteiger partial charge in [-0.3, -0.25) is 0 Å². The van der Waals surface area contributed by atoms with Crippen LogP contribution < -0.4 is 15.4 Å². The molecule has 2 aromatic heterocycles. The Kier molecular flexibility index (Phi) is 5.67. The molecule has 0 saturated carbocycles. The van der Waals surface area contributed by atoms with Gasteiger partial charge in [0.25, 0.3) is 0 Å². The summed E-state index contributed by atoms with van der Waals surface area (Å²) >= 11 is 0. The maximum atomic E-state index is 6.15. The van der Waals surface area contributed by atoms with E-state index in [0.29, 0.717) is 17.9 Å². The van der Waals surface area contributed by atoms with Crippen molar-refractivity contribution in [3.8, 4) is 6.01 Å². The smallest absolute Gasteiger partial charge is 0.322 e. The van der Waals surface area contributed by atoms with Crippen LogP contribution in [0.5, 0.6) is 6.01 Å². The van der Waals surface area contributed by atoms with Crippen LogP contribution in [0.2, 0.25) is 0 Å². The molecular formula is C22H30N6O. The molecule has 1 aliphatic heterocycles. The second-order valence-corrected chi connectivity index (χ2v) is 8.13. The third kappa shape index (κ3) is 4.19. The zero-order valence-corrected chi connectivity index (χ0v) is 17.6. The monoisotopic (exact) mass is 394 g/mol. The van der Waals surface area contributed by atoms with Gasteiger partial charge in [0.05, 0.1) is 12.2 Å². The van der Waals surface area contributed by atoms with E-state index in [1.165, 1.54) is 11.1 Å². The van der Waals surface area contributed by atoms with Crippen molar-refractivity contribution in [3.05, 3.63) is 47.2 Å².